The predicted octanol–water partition coefficient (Wildman–Crippen LogP) is 3.22. The molecule has 1 aromatic carbocycles. The number of benzene rings is 1. The molecule has 1 N–H and O–H groups in total. The molecule has 0 saturated carbocycles. The van der Waals surface area contributed by atoms with Crippen LogP contribution < -0.4 is 5.32 Å². The standard InChI is InChI=1S/C17H24N2O3/c1-16(2,3)22-15(20)19-12-17(10-7-11-21-17)14(19)18-13-8-5-4-6-9-13/h4-6,8-9,14,18H,7,10-12H2,1-3H3. The monoisotopic (exact) mass is 304 g/mol. The number of carbonyl (C=O) groups excluding carboxylic acids is 1. The largest absolute Gasteiger partial charge is 0.444 e. The van der Waals surface area contributed by atoms with E-state index in [0.29, 0.717) is 6.54 Å². The highest BCUT2D eigenvalue weighted by molar-refractivity contribution is 5.71. The first-order chi connectivity index (χ1) is 10.4. The van der Waals surface area contributed by atoms with Crippen LogP contribution in [0.25, 0.3) is 0 Å². The summed E-state index contributed by atoms with van der Waals surface area (Å²) in [7, 11) is 0. The van der Waals surface area contributed by atoms with Crippen molar-refractivity contribution < 1.29 is 14.3 Å². The van der Waals surface area contributed by atoms with E-state index in [4.69, 9.17) is 9.47 Å². The SMILES string of the molecule is CC(C)(C)OC(=O)N1CC2(CCCO2)C1Nc1ccccc1. The summed E-state index contributed by atoms with van der Waals surface area (Å²) in [6, 6.07) is 9.91. The van der Waals surface area contributed by atoms with Gasteiger partial charge in [-0.05, 0) is 45.7 Å². The minimum atomic E-state index is -0.492. The van der Waals surface area contributed by atoms with E-state index in [1.165, 1.54) is 0 Å². The van der Waals surface area contributed by atoms with Gasteiger partial charge in [0.2, 0.25) is 0 Å². The van der Waals surface area contributed by atoms with Gasteiger partial charge in [-0.2, -0.15) is 0 Å². The summed E-state index contributed by atoms with van der Waals surface area (Å²) in [5.74, 6) is 0. The first-order valence-electron chi connectivity index (χ1n) is 7.85. The first-order valence-corrected chi connectivity index (χ1v) is 7.85. The zero-order chi connectivity index (χ0) is 15.8. The van der Waals surface area contributed by atoms with Crippen LogP contribution in [0.2, 0.25) is 0 Å². The third-order valence-electron chi connectivity index (χ3n) is 4.09. The number of likely N-dealkylation sites (tertiary alicyclic amines) is 1. The zero-order valence-electron chi connectivity index (χ0n) is 13.5. The van der Waals surface area contributed by atoms with Crippen molar-refractivity contribution in [3.8, 4) is 0 Å². The molecule has 5 heteroatoms. The lowest BCUT2D eigenvalue weighted by Crippen LogP contribution is -2.74. The molecule has 0 radical (unpaired) electrons. The Morgan fingerprint density at radius 2 is 2.09 bits per heavy atom. The molecule has 2 atom stereocenters. The number of hydrogen-bond acceptors (Lipinski definition) is 4. The van der Waals surface area contributed by atoms with Gasteiger partial charge >= 0.3 is 6.09 Å². The molecule has 2 heterocycles. The maximum Gasteiger partial charge on any atom is 0.412 e. The van der Waals surface area contributed by atoms with E-state index in [9.17, 15) is 4.79 Å². The van der Waals surface area contributed by atoms with Gasteiger partial charge in [0.1, 0.15) is 17.4 Å². The molecule has 5 nitrogen and oxygen atoms in total. The van der Waals surface area contributed by atoms with Crippen molar-refractivity contribution in [2.45, 2.75) is 51.0 Å². The number of carbonyl (C=O) groups is 1. The zero-order valence-corrected chi connectivity index (χ0v) is 13.5. The number of amides is 1. The van der Waals surface area contributed by atoms with E-state index in [1.54, 1.807) is 4.90 Å². The molecule has 2 unspecified atom stereocenters. The Kier molecular flexibility index (Phi) is 3.77. The lowest BCUT2D eigenvalue weighted by atomic mass is 9.86. The van der Waals surface area contributed by atoms with Crippen LogP contribution in [-0.2, 0) is 9.47 Å². The molecular formula is C17H24N2O3. The molecule has 1 spiro atoms. The van der Waals surface area contributed by atoms with Gasteiger partial charge in [-0.3, -0.25) is 4.90 Å². The van der Waals surface area contributed by atoms with Crippen LogP contribution >= 0.6 is 0 Å². The van der Waals surface area contributed by atoms with Crippen LogP contribution in [-0.4, -0.2) is 41.5 Å². The topological polar surface area (TPSA) is 50.8 Å². The van der Waals surface area contributed by atoms with Crippen LogP contribution in [0.4, 0.5) is 10.5 Å². The molecule has 0 bridgehead atoms. The molecule has 1 amide bonds. The van der Waals surface area contributed by atoms with E-state index in [0.717, 1.165) is 25.1 Å². The van der Waals surface area contributed by atoms with Crippen molar-refractivity contribution in [2.75, 3.05) is 18.5 Å². The highest BCUT2D eigenvalue weighted by atomic mass is 16.6. The average molecular weight is 304 g/mol. The molecule has 2 fully saturated rings. The summed E-state index contributed by atoms with van der Waals surface area (Å²) in [5.41, 5.74) is 0.219. The summed E-state index contributed by atoms with van der Waals surface area (Å²) in [5, 5.41) is 3.43. The maximum atomic E-state index is 12.4. The number of anilines is 1. The minimum absolute atomic E-state index is 0.174. The van der Waals surface area contributed by atoms with Crippen molar-refractivity contribution in [1.29, 1.82) is 0 Å². The summed E-state index contributed by atoms with van der Waals surface area (Å²) >= 11 is 0. The minimum Gasteiger partial charge on any atom is -0.444 e. The average Bonchev–Trinajstić information content (AvgIpc) is 2.93. The van der Waals surface area contributed by atoms with E-state index in [1.807, 2.05) is 51.1 Å². The summed E-state index contributed by atoms with van der Waals surface area (Å²) in [6.07, 6.45) is 1.54. The van der Waals surface area contributed by atoms with Crippen LogP contribution in [0.15, 0.2) is 30.3 Å². The Bertz CT molecular complexity index is 533. The Morgan fingerprint density at radius 1 is 1.36 bits per heavy atom. The van der Waals surface area contributed by atoms with Crippen LogP contribution in [0.3, 0.4) is 0 Å². The Labute approximate surface area is 131 Å². The predicted molar refractivity (Wildman–Crippen MR) is 84.7 cm³/mol. The maximum absolute atomic E-state index is 12.4. The molecule has 2 aliphatic heterocycles. The molecule has 120 valence electrons. The van der Waals surface area contributed by atoms with Gasteiger partial charge in [0.25, 0.3) is 0 Å². The fourth-order valence-corrected chi connectivity index (χ4v) is 3.09. The lowest BCUT2D eigenvalue weighted by molar-refractivity contribution is -0.144. The second kappa shape index (κ2) is 5.47. The molecule has 0 aliphatic carbocycles. The van der Waals surface area contributed by atoms with E-state index < -0.39 is 5.60 Å². The Balaban J connectivity index is 1.75. The molecule has 2 saturated heterocycles. The quantitative estimate of drug-likeness (QED) is 0.911. The van der Waals surface area contributed by atoms with Gasteiger partial charge in [-0.1, -0.05) is 18.2 Å². The van der Waals surface area contributed by atoms with E-state index in [-0.39, 0.29) is 17.9 Å². The van der Waals surface area contributed by atoms with Crippen molar-refractivity contribution in [3.63, 3.8) is 0 Å². The van der Waals surface area contributed by atoms with Crippen LogP contribution in [0.1, 0.15) is 33.6 Å². The van der Waals surface area contributed by atoms with Gasteiger partial charge in [-0.15, -0.1) is 0 Å². The van der Waals surface area contributed by atoms with Crippen LogP contribution in [0, 0.1) is 0 Å². The van der Waals surface area contributed by atoms with Crippen molar-refractivity contribution in [1.82, 2.24) is 4.90 Å². The Hall–Kier alpha value is -1.75. The van der Waals surface area contributed by atoms with E-state index >= 15 is 0 Å². The smallest absolute Gasteiger partial charge is 0.412 e. The van der Waals surface area contributed by atoms with Crippen molar-refractivity contribution >= 4 is 11.8 Å². The van der Waals surface area contributed by atoms with Crippen molar-refractivity contribution in [3.05, 3.63) is 30.3 Å². The lowest BCUT2D eigenvalue weighted by Gasteiger charge is -2.54. The molecule has 3 rings (SSSR count). The fourth-order valence-electron chi connectivity index (χ4n) is 3.09. The number of nitrogens with one attached hydrogen (secondary N) is 1. The van der Waals surface area contributed by atoms with E-state index in [2.05, 4.69) is 5.32 Å². The molecule has 1 aromatic rings. The third-order valence-corrected chi connectivity index (χ3v) is 4.09. The summed E-state index contributed by atoms with van der Waals surface area (Å²) < 4.78 is 11.5. The normalized spacial score (nSPS) is 27.6. The van der Waals surface area contributed by atoms with Gasteiger partial charge in [0.05, 0.1) is 6.54 Å². The molecule has 0 aromatic heterocycles. The number of hydrogen-bond donors (Lipinski definition) is 1. The number of nitrogens with zero attached hydrogens (tertiary/aromatic N) is 1. The fraction of sp³-hybridized carbons (Fsp3) is 0.588. The highest BCUT2D eigenvalue weighted by Gasteiger charge is 2.58. The Morgan fingerprint density at radius 3 is 2.68 bits per heavy atom. The number of para-hydroxylation sites is 1. The van der Waals surface area contributed by atoms with Crippen molar-refractivity contribution in [2.24, 2.45) is 0 Å². The molecule has 2 aliphatic rings. The molecule has 22 heavy (non-hydrogen) atoms. The second-order valence-electron chi connectivity index (χ2n) is 7.04. The van der Waals surface area contributed by atoms with Crippen LogP contribution in [0.5, 0.6) is 0 Å². The molecular weight excluding hydrogens is 280 g/mol. The number of rotatable bonds is 2. The van der Waals surface area contributed by atoms with Gasteiger partial charge < -0.3 is 14.8 Å². The third kappa shape index (κ3) is 2.90. The second-order valence-corrected chi connectivity index (χ2v) is 7.04. The summed E-state index contributed by atoms with van der Waals surface area (Å²) in [4.78, 5) is 14.1. The first kappa shape index (κ1) is 15.2. The van der Waals surface area contributed by atoms with Gasteiger partial charge in [0.15, 0.2) is 0 Å². The van der Waals surface area contributed by atoms with Gasteiger partial charge in [-0.25, -0.2) is 4.79 Å². The highest BCUT2D eigenvalue weighted by Crippen LogP contribution is 2.41. The number of ether oxygens (including phenoxy) is 2. The van der Waals surface area contributed by atoms with Gasteiger partial charge in [0, 0.05) is 12.3 Å². The summed E-state index contributed by atoms with van der Waals surface area (Å²) in [6.45, 7) is 6.99.